The predicted octanol–water partition coefficient (Wildman–Crippen LogP) is 2.51. The Morgan fingerprint density at radius 3 is 2.25 bits per heavy atom. The molecule has 1 aliphatic carbocycles. The highest BCUT2D eigenvalue weighted by atomic mass is 19.4. The maximum atomic E-state index is 12.9. The van der Waals surface area contributed by atoms with Gasteiger partial charge in [0.25, 0.3) is 5.56 Å². The smallest absolute Gasteiger partial charge is 0.366 e. The molecule has 2 rings (SSSR count). The van der Waals surface area contributed by atoms with Crippen LogP contribution in [0.5, 0.6) is 0 Å². The van der Waals surface area contributed by atoms with Gasteiger partial charge in [-0.2, -0.15) is 31.4 Å². The van der Waals surface area contributed by atoms with E-state index in [0.717, 1.165) is 0 Å². The molecular formula is C13H16F6N4O. The highest BCUT2D eigenvalue weighted by Crippen LogP contribution is 2.29. The second-order valence-electron chi connectivity index (χ2n) is 5.78. The van der Waals surface area contributed by atoms with Crippen LogP contribution in [0.1, 0.15) is 31.2 Å². The monoisotopic (exact) mass is 358 g/mol. The van der Waals surface area contributed by atoms with Crippen molar-refractivity contribution >= 4 is 5.82 Å². The van der Waals surface area contributed by atoms with E-state index in [1.54, 1.807) is 0 Å². The number of hydrogen-bond acceptors (Lipinski definition) is 4. The van der Waals surface area contributed by atoms with Crippen molar-refractivity contribution in [2.75, 3.05) is 5.32 Å². The van der Waals surface area contributed by atoms with Crippen LogP contribution in [0.3, 0.4) is 0 Å². The third-order valence-corrected chi connectivity index (χ3v) is 3.73. The molecule has 1 aliphatic rings. The summed E-state index contributed by atoms with van der Waals surface area (Å²) in [4.78, 5) is 11.6. The number of alkyl halides is 6. The Labute approximate surface area is 132 Å². The zero-order chi connectivity index (χ0) is 18.1. The van der Waals surface area contributed by atoms with Crippen molar-refractivity contribution in [2.24, 2.45) is 5.73 Å². The van der Waals surface area contributed by atoms with E-state index in [4.69, 9.17) is 5.73 Å². The molecule has 0 spiro atoms. The Morgan fingerprint density at radius 1 is 1.17 bits per heavy atom. The minimum absolute atomic E-state index is 0.000860. The fourth-order valence-corrected chi connectivity index (χ4v) is 2.57. The summed E-state index contributed by atoms with van der Waals surface area (Å²) in [7, 11) is 0. The first-order chi connectivity index (χ1) is 11.0. The van der Waals surface area contributed by atoms with Gasteiger partial charge in [0.2, 0.25) is 0 Å². The fraction of sp³-hybridized carbons (Fsp3) is 0.692. The Hall–Kier alpha value is -1.78. The molecule has 1 aromatic rings. The van der Waals surface area contributed by atoms with Crippen molar-refractivity contribution < 1.29 is 26.3 Å². The number of halogens is 6. The van der Waals surface area contributed by atoms with E-state index in [0.29, 0.717) is 31.7 Å². The van der Waals surface area contributed by atoms with Gasteiger partial charge in [0.05, 0.1) is 0 Å². The van der Waals surface area contributed by atoms with Gasteiger partial charge in [-0.1, -0.05) is 0 Å². The van der Waals surface area contributed by atoms with Gasteiger partial charge in [-0.25, -0.2) is 4.68 Å². The van der Waals surface area contributed by atoms with Gasteiger partial charge in [-0.15, -0.1) is 0 Å². The third-order valence-electron chi connectivity index (χ3n) is 3.73. The largest absolute Gasteiger partial charge is 0.421 e. The molecule has 11 heteroatoms. The van der Waals surface area contributed by atoms with Gasteiger partial charge in [0.1, 0.15) is 17.9 Å². The Bertz CT molecular complexity index is 631. The highest BCUT2D eigenvalue weighted by molar-refractivity contribution is 5.38. The average Bonchev–Trinajstić information content (AvgIpc) is 2.42. The molecule has 1 fully saturated rings. The number of nitrogens with zero attached hydrogens (tertiary/aromatic N) is 2. The van der Waals surface area contributed by atoms with E-state index in [1.807, 2.05) is 0 Å². The number of rotatable bonds is 3. The number of anilines is 1. The highest BCUT2D eigenvalue weighted by Gasteiger charge is 2.38. The van der Waals surface area contributed by atoms with Gasteiger partial charge in [0.15, 0.2) is 0 Å². The van der Waals surface area contributed by atoms with Crippen LogP contribution in [-0.4, -0.2) is 28.0 Å². The first-order valence-corrected chi connectivity index (χ1v) is 7.24. The Balaban J connectivity index is 2.33. The molecule has 0 unspecified atom stereocenters. The second-order valence-corrected chi connectivity index (χ2v) is 5.78. The molecule has 136 valence electrons. The van der Waals surface area contributed by atoms with Gasteiger partial charge in [0, 0.05) is 18.2 Å². The van der Waals surface area contributed by atoms with Crippen LogP contribution in [0.4, 0.5) is 32.2 Å². The summed E-state index contributed by atoms with van der Waals surface area (Å²) in [6, 6.07) is 0.195. The zero-order valence-corrected chi connectivity index (χ0v) is 12.4. The van der Waals surface area contributed by atoms with E-state index >= 15 is 0 Å². The van der Waals surface area contributed by atoms with Gasteiger partial charge in [-0.3, -0.25) is 4.79 Å². The van der Waals surface area contributed by atoms with Crippen molar-refractivity contribution in [2.45, 2.75) is 56.7 Å². The molecule has 0 saturated heterocycles. The minimum atomic E-state index is -5.07. The van der Waals surface area contributed by atoms with Gasteiger partial charge < -0.3 is 11.1 Å². The lowest BCUT2D eigenvalue weighted by Gasteiger charge is -2.27. The number of nitrogens with two attached hydrogens (primary N) is 1. The SMILES string of the molecule is NC1CCC(Nc2cc(C(F)(F)F)c(=O)n(CC(F)(F)F)n2)CC1. The van der Waals surface area contributed by atoms with E-state index in [-0.39, 0.29) is 16.8 Å². The lowest BCUT2D eigenvalue weighted by atomic mass is 9.92. The van der Waals surface area contributed by atoms with Crippen molar-refractivity contribution in [3.63, 3.8) is 0 Å². The van der Waals surface area contributed by atoms with Crippen molar-refractivity contribution in [3.05, 3.63) is 22.0 Å². The lowest BCUT2D eigenvalue weighted by molar-refractivity contribution is -0.148. The fourth-order valence-electron chi connectivity index (χ4n) is 2.57. The number of nitrogens with one attached hydrogen (secondary N) is 1. The van der Waals surface area contributed by atoms with E-state index < -0.39 is 35.8 Å². The summed E-state index contributed by atoms with van der Waals surface area (Å²) >= 11 is 0. The molecule has 1 heterocycles. The lowest BCUT2D eigenvalue weighted by Crippen LogP contribution is -2.37. The summed E-state index contributed by atoms with van der Waals surface area (Å²) < 4.78 is 75.9. The van der Waals surface area contributed by atoms with Crippen molar-refractivity contribution in [1.29, 1.82) is 0 Å². The maximum absolute atomic E-state index is 12.9. The molecular weight excluding hydrogens is 342 g/mol. The molecule has 0 atom stereocenters. The van der Waals surface area contributed by atoms with Crippen LogP contribution in [0.15, 0.2) is 10.9 Å². The van der Waals surface area contributed by atoms with E-state index in [1.165, 1.54) is 0 Å². The first-order valence-electron chi connectivity index (χ1n) is 7.24. The van der Waals surface area contributed by atoms with Crippen molar-refractivity contribution in [3.8, 4) is 0 Å². The standard InChI is InChI=1S/C13H16F6N4O/c14-12(15,16)6-23-11(24)9(13(17,18)19)5-10(22-23)21-8-3-1-7(20)2-4-8/h5,7-8H,1-4,6,20H2,(H,21,22). The summed E-state index contributed by atoms with van der Waals surface area (Å²) in [6.07, 6.45) is -7.53. The quantitative estimate of drug-likeness (QED) is 0.815. The molecule has 0 bridgehead atoms. The van der Waals surface area contributed by atoms with Crippen LogP contribution < -0.4 is 16.6 Å². The third kappa shape index (κ3) is 4.86. The van der Waals surface area contributed by atoms with Crippen LogP contribution in [0.2, 0.25) is 0 Å². The van der Waals surface area contributed by atoms with Gasteiger partial charge in [-0.05, 0) is 25.7 Å². The zero-order valence-electron chi connectivity index (χ0n) is 12.4. The van der Waals surface area contributed by atoms with Crippen LogP contribution in [0.25, 0.3) is 0 Å². The average molecular weight is 358 g/mol. The molecule has 1 saturated carbocycles. The Kier molecular flexibility index (Phi) is 5.11. The molecule has 0 radical (unpaired) electrons. The normalized spacial score (nSPS) is 22.5. The molecule has 0 amide bonds. The van der Waals surface area contributed by atoms with E-state index in [9.17, 15) is 31.1 Å². The summed E-state index contributed by atoms with van der Waals surface area (Å²) in [5, 5.41) is 6.06. The van der Waals surface area contributed by atoms with Crippen LogP contribution in [0, 0.1) is 0 Å². The summed E-state index contributed by atoms with van der Waals surface area (Å²) in [5.74, 6) is -0.411. The topological polar surface area (TPSA) is 72.9 Å². The predicted molar refractivity (Wildman–Crippen MR) is 73.4 cm³/mol. The maximum Gasteiger partial charge on any atom is 0.421 e. The minimum Gasteiger partial charge on any atom is -0.366 e. The number of aromatic nitrogens is 2. The summed E-state index contributed by atoms with van der Waals surface area (Å²) in [5.41, 5.74) is 2.22. The van der Waals surface area contributed by atoms with E-state index in [2.05, 4.69) is 10.4 Å². The number of hydrogen-bond donors (Lipinski definition) is 2. The van der Waals surface area contributed by atoms with Gasteiger partial charge >= 0.3 is 12.4 Å². The molecule has 1 aromatic heterocycles. The Morgan fingerprint density at radius 2 is 1.75 bits per heavy atom. The van der Waals surface area contributed by atoms with Crippen LogP contribution >= 0.6 is 0 Å². The summed E-state index contributed by atoms with van der Waals surface area (Å²) in [6.45, 7) is -1.89. The molecule has 24 heavy (non-hydrogen) atoms. The molecule has 0 aromatic carbocycles. The first kappa shape index (κ1) is 18.6. The second kappa shape index (κ2) is 6.61. The molecule has 5 nitrogen and oxygen atoms in total. The van der Waals surface area contributed by atoms with Crippen molar-refractivity contribution in [1.82, 2.24) is 9.78 Å². The molecule has 3 N–H and O–H groups in total. The van der Waals surface area contributed by atoms with Crippen LogP contribution in [-0.2, 0) is 12.7 Å². The molecule has 0 aliphatic heterocycles.